The third kappa shape index (κ3) is 4.29. The molecule has 2 aromatic rings. The summed E-state index contributed by atoms with van der Waals surface area (Å²) < 4.78 is 11.2. The number of nitrogens with one attached hydrogen (secondary N) is 1. The molecular weight excluding hydrogens is 338 g/mol. The molecule has 1 N–H and O–H groups in total. The van der Waals surface area contributed by atoms with Crippen molar-refractivity contribution in [3.05, 3.63) is 40.3 Å². The fraction of sp³-hybridized carbons (Fsp3) is 0.444. The van der Waals surface area contributed by atoms with E-state index in [2.05, 4.69) is 10.3 Å². The Balaban J connectivity index is 1.67. The Labute approximate surface area is 151 Å². The molecular formula is C18H23N3O3S. The zero-order valence-electron chi connectivity index (χ0n) is 14.5. The van der Waals surface area contributed by atoms with Crippen LogP contribution in [0.2, 0.25) is 0 Å². The number of rotatable bonds is 6. The van der Waals surface area contributed by atoms with Gasteiger partial charge in [-0.25, -0.2) is 4.98 Å². The molecule has 1 aliphatic heterocycles. The molecule has 25 heavy (non-hydrogen) atoms. The van der Waals surface area contributed by atoms with Crippen LogP contribution >= 0.6 is 11.3 Å². The Morgan fingerprint density at radius 3 is 2.80 bits per heavy atom. The Kier molecular flexibility index (Phi) is 5.88. The summed E-state index contributed by atoms with van der Waals surface area (Å²) >= 11 is 1.53. The molecule has 0 bridgehead atoms. The number of likely N-dealkylation sites (tertiary alicyclic amines) is 1. The monoisotopic (exact) mass is 361 g/mol. The van der Waals surface area contributed by atoms with Gasteiger partial charge in [-0.3, -0.25) is 4.79 Å². The SMILES string of the molecule is CNC1CCN(C(=O)c2ccc(OCc3cscn3)c(OC)c2)CC1. The van der Waals surface area contributed by atoms with Gasteiger partial charge >= 0.3 is 0 Å². The first-order valence-electron chi connectivity index (χ1n) is 8.35. The van der Waals surface area contributed by atoms with E-state index in [1.807, 2.05) is 17.3 Å². The summed E-state index contributed by atoms with van der Waals surface area (Å²) in [5, 5.41) is 5.22. The van der Waals surface area contributed by atoms with Crippen molar-refractivity contribution in [2.45, 2.75) is 25.5 Å². The largest absolute Gasteiger partial charge is 0.493 e. The average Bonchev–Trinajstić information content (AvgIpc) is 3.19. The van der Waals surface area contributed by atoms with Crippen molar-refractivity contribution in [3.63, 3.8) is 0 Å². The predicted octanol–water partition coefficient (Wildman–Crippen LogP) is 2.55. The zero-order valence-corrected chi connectivity index (χ0v) is 15.3. The number of hydrogen-bond acceptors (Lipinski definition) is 6. The van der Waals surface area contributed by atoms with E-state index in [0.717, 1.165) is 31.6 Å². The molecule has 0 spiro atoms. The van der Waals surface area contributed by atoms with Crippen LogP contribution in [0.15, 0.2) is 29.1 Å². The Morgan fingerprint density at radius 2 is 2.16 bits per heavy atom. The Bertz CT molecular complexity index is 698. The first-order chi connectivity index (χ1) is 12.2. The first kappa shape index (κ1) is 17.7. The highest BCUT2D eigenvalue weighted by Gasteiger charge is 2.23. The summed E-state index contributed by atoms with van der Waals surface area (Å²) in [5.74, 6) is 1.21. The van der Waals surface area contributed by atoms with Crippen molar-refractivity contribution in [1.82, 2.24) is 15.2 Å². The summed E-state index contributed by atoms with van der Waals surface area (Å²) in [6.07, 6.45) is 1.96. The third-order valence-corrected chi connectivity index (χ3v) is 5.10. The summed E-state index contributed by atoms with van der Waals surface area (Å²) in [7, 11) is 3.55. The van der Waals surface area contributed by atoms with Gasteiger partial charge in [-0.1, -0.05) is 0 Å². The number of nitrogens with zero attached hydrogens (tertiary/aromatic N) is 2. The van der Waals surface area contributed by atoms with Crippen LogP contribution in [0, 0.1) is 0 Å². The molecule has 0 unspecified atom stereocenters. The second-order valence-corrected chi connectivity index (χ2v) is 6.71. The first-order valence-corrected chi connectivity index (χ1v) is 9.30. The second-order valence-electron chi connectivity index (χ2n) is 5.99. The van der Waals surface area contributed by atoms with Gasteiger partial charge in [-0.2, -0.15) is 0 Å². The number of piperidine rings is 1. The van der Waals surface area contributed by atoms with Crippen molar-refractivity contribution in [3.8, 4) is 11.5 Å². The zero-order chi connectivity index (χ0) is 17.6. The molecule has 2 heterocycles. The van der Waals surface area contributed by atoms with E-state index in [9.17, 15) is 4.79 Å². The van der Waals surface area contributed by atoms with Crippen LogP contribution in [0.5, 0.6) is 11.5 Å². The van der Waals surface area contributed by atoms with Gasteiger partial charge in [0.25, 0.3) is 5.91 Å². The molecule has 0 radical (unpaired) electrons. The van der Waals surface area contributed by atoms with Gasteiger partial charge in [0.15, 0.2) is 11.5 Å². The number of benzene rings is 1. The molecule has 1 aliphatic rings. The summed E-state index contributed by atoms with van der Waals surface area (Å²) in [4.78, 5) is 18.8. The smallest absolute Gasteiger partial charge is 0.253 e. The van der Waals surface area contributed by atoms with Crippen LogP contribution in [0.1, 0.15) is 28.9 Å². The highest BCUT2D eigenvalue weighted by atomic mass is 32.1. The number of aromatic nitrogens is 1. The van der Waals surface area contributed by atoms with Crippen molar-refractivity contribution >= 4 is 17.2 Å². The summed E-state index contributed by atoms with van der Waals surface area (Å²) in [5.41, 5.74) is 3.27. The lowest BCUT2D eigenvalue weighted by atomic mass is 10.0. The van der Waals surface area contributed by atoms with Crippen LogP contribution in [0.3, 0.4) is 0 Å². The lowest BCUT2D eigenvalue weighted by Crippen LogP contribution is -2.43. The standard InChI is InChI=1S/C18H23N3O3S/c1-19-14-5-7-21(8-6-14)18(22)13-3-4-16(17(9-13)23-2)24-10-15-11-25-12-20-15/h3-4,9,11-12,14,19H,5-8,10H2,1-2H3. The lowest BCUT2D eigenvalue weighted by molar-refractivity contribution is 0.0707. The van der Waals surface area contributed by atoms with Crippen molar-refractivity contribution < 1.29 is 14.3 Å². The fourth-order valence-electron chi connectivity index (χ4n) is 2.93. The van der Waals surface area contributed by atoms with Crippen molar-refractivity contribution in [2.24, 2.45) is 0 Å². The molecule has 6 nitrogen and oxygen atoms in total. The summed E-state index contributed by atoms with van der Waals surface area (Å²) in [6, 6.07) is 5.84. The highest BCUT2D eigenvalue weighted by Crippen LogP contribution is 2.29. The molecule has 0 atom stereocenters. The van der Waals surface area contributed by atoms with Gasteiger partial charge in [0.05, 0.1) is 18.3 Å². The van der Waals surface area contributed by atoms with Crippen LogP contribution in [-0.4, -0.2) is 49.1 Å². The van der Waals surface area contributed by atoms with Crippen LogP contribution in [0.4, 0.5) is 0 Å². The van der Waals surface area contributed by atoms with Gasteiger partial charge in [0.2, 0.25) is 0 Å². The van der Waals surface area contributed by atoms with Gasteiger partial charge in [-0.05, 0) is 38.1 Å². The summed E-state index contributed by atoms with van der Waals surface area (Å²) in [6.45, 7) is 1.92. The molecule has 0 saturated carbocycles. The highest BCUT2D eigenvalue weighted by molar-refractivity contribution is 7.07. The minimum atomic E-state index is 0.0407. The predicted molar refractivity (Wildman–Crippen MR) is 97.4 cm³/mol. The second kappa shape index (κ2) is 8.31. The number of carbonyl (C=O) groups is 1. The Hall–Kier alpha value is -2.12. The number of carbonyl (C=O) groups excluding carboxylic acids is 1. The average molecular weight is 361 g/mol. The van der Waals surface area contributed by atoms with E-state index in [0.29, 0.717) is 29.7 Å². The maximum atomic E-state index is 12.7. The van der Waals surface area contributed by atoms with Gasteiger partial charge < -0.3 is 19.7 Å². The van der Waals surface area contributed by atoms with E-state index >= 15 is 0 Å². The lowest BCUT2D eigenvalue weighted by Gasteiger charge is -2.32. The maximum Gasteiger partial charge on any atom is 0.253 e. The van der Waals surface area contributed by atoms with E-state index in [4.69, 9.17) is 9.47 Å². The van der Waals surface area contributed by atoms with Crippen LogP contribution in [-0.2, 0) is 6.61 Å². The van der Waals surface area contributed by atoms with E-state index in [-0.39, 0.29) is 5.91 Å². The number of amides is 1. The molecule has 1 aromatic carbocycles. The molecule has 7 heteroatoms. The molecule has 3 rings (SSSR count). The molecule has 1 amide bonds. The number of thiazole rings is 1. The minimum Gasteiger partial charge on any atom is -0.493 e. The molecule has 1 fully saturated rings. The van der Waals surface area contributed by atoms with Crippen molar-refractivity contribution in [1.29, 1.82) is 0 Å². The normalized spacial score (nSPS) is 15.2. The van der Waals surface area contributed by atoms with Gasteiger partial charge in [0, 0.05) is 30.1 Å². The molecule has 0 aliphatic carbocycles. The van der Waals surface area contributed by atoms with Crippen LogP contribution < -0.4 is 14.8 Å². The molecule has 1 saturated heterocycles. The van der Waals surface area contributed by atoms with Crippen LogP contribution in [0.25, 0.3) is 0 Å². The minimum absolute atomic E-state index is 0.0407. The number of hydrogen-bond donors (Lipinski definition) is 1. The molecule has 134 valence electrons. The number of ether oxygens (including phenoxy) is 2. The van der Waals surface area contributed by atoms with Gasteiger partial charge in [0.1, 0.15) is 6.61 Å². The Morgan fingerprint density at radius 1 is 1.36 bits per heavy atom. The number of methoxy groups -OCH3 is 1. The van der Waals surface area contributed by atoms with Gasteiger partial charge in [-0.15, -0.1) is 11.3 Å². The quantitative estimate of drug-likeness (QED) is 0.857. The maximum absolute atomic E-state index is 12.7. The third-order valence-electron chi connectivity index (χ3n) is 4.46. The topological polar surface area (TPSA) is 63.7 Å². The molecule has 1 aromatic heterocycles. The van der Waals surface area contributed by atoms with E-state index in [1.54, 1.807) is 30.8 Å². The van der Waals surface area contributed by atoms with Crippen molar-refractivity contribution in [2.75, 3.05) is 27.2 Å². The van der Waals surface area contributed by atoms with E-state index < -0.39 is 0 Å². The van der Waals surface area contributed by atoms with E-state index in [1.165, 1.54) is 11.3 Å². The fourth-order valence-corrected chi connectivity index (χ4v) is 3.48.